The van der Waals surface area contributed by atoms with Crippen LogP contribution in [0.2, 0.25) is 0 Å². The Kier molecular flexibility index (Phi) is 5.32. The van der Waals surface area contributed by atoms with Gasteiger partial charge in [-0.25, -0.2) is 14.8 Å². The van der Waals surface area contributed by atoms with Crippen molar-refractivity contribution in [3.8, 4) is 0 Å². The van der Waals surface area contributed by atoms with E-state index in [4.69, 9.17) is 5.73 Å². The van der Waals surface area contributed by atoms with Crippen molar-refractivity contribution >= 4 is 11.9 Å². The summed E-state index contributed by atoms with van der Waals surface area (Å²) in [6.07, 6.45) is 1.22. The Balaban J connectivity index is 1.71. The van der Waals surface area contributed by atoms with Crippen LogP contribution in [0.5, 0.6) is 0 Å². The molecule has 2 aromatic rings. The Morgan fingerprint density at radius 1 is 1.25 bits per heavy atom. The number of hydrogen-bond acceptors (Lipinski definition) is 7. The van der Waals surface area contributed by atoms with Crippen molar-refractivity contribution < 1.29 is 9.90 Å². The van der Waals surface area contributed by atoms with Crippen LogP contribution < -0.4 is 17.0 Å². The highest BCUT2D eigenvalue weighted by Crippen LogP contribution is 2.22. The Morgan fingerprint density at radius 3 is 2.54 bits per heavy atom. The lowest BCUT2D eigenvalue weighted by atomic mass is 10.1. The van der Waals surface area contributed by atoms with Crippen molar-refractivity contribution in [2.45, 2.75) is 45.8 Å². The number of aromatic nitrogens is 4. The second-order valence-corrected chi connectivity index (χ2v) is 7.14. The summed E-state index contributed by atoms with van der Waals surface area (Å²) in [4.78, 5) is 48.3. The van der Waals surface area contributed by atoms with E-state index < -0.39 is 23.4 Å². The summed E-state index contributed by atoms with van der Waals surface area (Å²) in [6, 6.07) is -0.602. The quantitative estimate of drug-likeness (QED) is 0.622. The number of rotatable bonds is 4. The van der Waals surface area contributed by atoms with Crippen LogP contribution in [0.4, 0.5) is 5.95 Å². The Hall–Kier alpha value is -3.01. The third-order valence-corrected chi connectivity index (χ3v) is 5.14. The second-order valence-electron chi connectivity index (χ2n) is 7.14. The molecule has 1 aliphatic heterocycles. The van der Waals surface area contributed by atoms with E-state index >= 15 is 0 Å². The van der Waals surface area contributed by atoms with Crippen LogP contribution in [0.25, 0.3) is 0 Å². The monoisotopic (exact) mass is 388 g/mol. The highest BCUT2D eigenvalue weighted by Gasteiger charge is 2.35. The maximum atomic E-state index is 12.6. The molecule has 1 saturated heterocycles. The standard InChI is InChI=1S/C18H24N6O4/c1-9-6-24(18(28)22-16(9)27)13-7-23(8-14(13)25)15(26)5-4-12-10(2)20-17(19)21-11(12)3/h6,13-14,25H,4-5,7-8H2,1-3H3,(H2,19,20,21)(H,22,27,28)/t13-,14-/m1/s1. The fraction of sp³-hybridized carbons (Fsp3) is 0.500. The minimum atomic E-state index is -0.893. The number of anilines is 1. The van der Waals surface area contributed by atoms with Gasteiger partial charge in [0.05, 0.1) is 12.1 Å². The SMILES string of the molecule is Cc1nc(N)nc(C)c1CCC(=O)N1C[C@@H](O)[C@H](n2cc(C)c(=O)[nH]c2=O)C1. The van der Waals surface area contributed by atoms with Gasteiger partial charge in [-0.2, -0.15) is 0 Å². The number of amides is 1. The summed E-state index contributed by atoms with van der Waals surface area (Å²) < 4.78 is 1.29. The number of likely N-dealkylation sites (tertiary alicyclic amines) is 1. The van der Waals surface area contributed by atoms with E-state index in [1.165, 1.54) is 15.7 Å². The first-order valence-corrected chi connectivity index (χ1v) is 9.05. The van der Waals surface area contributed by atoms with Crippen molar-refractivity contribution in [2.24, 2.45) is 0 Å². The summed E-state index contributed by atoms with van der Waals surface area (Å²) in [7, 11) is 0. The molecule has 150 valence electrons. The highest BCUT2D eigenvalue weighted by atomic mass is 16.3. The molecule has 2 atom stereocenters. The van der Waals surface area contributed by atoms with E-state index in [1.807, 2.05) is 13.8 Å². The molecular weight excluding hydrogens is 364 g/mol. The normalized spacial score (nSPS) is 19.2. The zero-order chi connectivity index (χ0) is 20.6. The average Bonchev–Trinajstić information content (AvgIpc) is 2.98. The number of hydrogen-bond donors (Lipinski definition) is 3. The van der Waals surface area contributed by atoms with Gasteiger partial charge < -0.3 is 15.7 Å². The number of aliphatic hydroxyl groups excluding tert-OH is 1. The number of nitrogens with one attached hydrogen (secondary N) is 1. The number of β-amino-alcohol motifs (C(OH)–C–C–N with tert-alkyl or cyclic N) is 1. The van der Waals surface area contributed by atoms with Crippen LogP contribution >= 0.6 is 0 Å². The smallest absolute Gasteiger partial charge is 0.328 e. The van der Waals surface area contributed by atoms with Crippen molar-refractivity contribution in [1.82, 2.24) is 24.4 Å². The third-order valence-electron chi connectivity index (χ3n) is 5.14. The van der Waals surface area contributed by atoms with Crippen LogP contribution in [-0.2, 0) is 11.2 Å². The van der Waals surface area contributed by atoms with Gasteiger partial charge in [-0.1, -0.05) is 0 Å². The maximum Gasteiger partial charge on any atom is 0.328 e. The van der Waals surface area contributed by atoms with Crippen LogP contribution in [0, 0.1) is 20.8 Å². The lowest BCUT2D eigenvalue weighted by Crippen LogP contribution is -2.37. The number of aromatic amines is 1. The van der Waals surface area contributed by atoms with Gasteiger partial charge in [-0.05, 0) is 32.8 Å². The number of aliphatic hydroxyl groups is 1. The van der Waals surface area contributed by atoms with Gasteiger partial charge in [0.1, 0.15) is 0 Å². The Labute approximate surface area is 161 Å². The van der Waals surface area contributed by atoms with Gasteiger partial charge in [-0.3, -0.25) is 19.1 Å². The zero-order valence-corrected chi connectivity index (χ0v) is 16.1. The summed E-state index contributed by atoms with van der Waals surface area (Å²) in [5.74, 6) is 0.0728. The first kappa shape index (κ1) is 19.7. The summed E-state index contributed by atoms with van der Waals surface area (Å²) in [5.41, 5.74) is 7.30. The van der Waals surface area contributed by atoms with E-state index in [0.29, 0.717) is 12.0 Å². The number of H-pyrrole nitrogens is 1. The largest absolute Gasteiger partial charge is 0.389 e. The molecule has 0 bridgehead atoms. The molecule has 0 unspecified atom stereocenters. The lowest BCUT2D eigenvalue weighted by Gasteiger charge is -2.18. The predicted octanol–water partition coefficient (Wildman–Crippen LogP) is -0.789. The summed E-state index contributed by atoms with van der Waals surface area (Å²) in [5, 5.41) is 10.4. The third kappa shape index (κ3) is 3.81. The number of nitrogens with zero attached hydrogens (tertiary/aromatic N) is 4. The van der Waals surface area contributed by atoms with E-state index in [-0.39, 0.29) is 31.4 Å². The number of carbonyl (C=O) groups is 1. The minimum absolute atomic E-state index is 0.129. The van der Waals surface area contributed by atoms with E-state index in [1.54, 1.807) is 6.92 Å². The maximum absolute atomic E-state index is 12.6. The first-order chi connectivity index (χ1) is 13.2. The molecule has 1 fully saturated rings. The lowest BCUT2D eigenvalue weighted by molar-refractivity contribution is -0.130. The minimum Gasteiger partial charge on any atom is -0.389 e. The van der Waals surface area contributed by atoms with Crippen LogP contribution in [0.1, 0.15) is 35.0 Å². The summed E-state index contributed by atoms with van der Waals surface area (Å²) >= 11 is 0. The molecule has 10 nitrogen and oxygen atoms in total. The molecule has 0 spiro atoms. The fourth-order valence-corrected chi connectivity index (χ4v) is 3.60. The molecule has 1 aliphatic rings. The van der Waals surface area contributed by atoms with Crippen molar-refractivity contribution in [3.05, 3.63) is 49.5 Å². The average molecular weight is 388 g/mol. The molecule has 3 heterocycles. The van der Waals surface area contributed by atoms with Gasteiger partial charge in [0, 0.05) is 42.7 Å². The van der Waals surface area contributed by atoms with E-state index in [0.717, 1.165) is 17.0 Å². The van der Waals surface area contributed by atoms with Gasteiger partial charge >= 0.3 is 5.69 Å². The number of carbonyl (C=O) groups excluding carboxylic acids is 1. The van der Waals surface area contributed by atoms with Gasteiger partial charge in [0.25, 0.3) is 5.56 Å². The molecule has 3 rings (SSSR count). The van der Waals surface area contributed by atoms with E-state index in [2.05, 4.69) is 15.0 Å². The van der Waals surface area contributed by atoms with Crippen molar-refractivity contribution in [1.29, 1.82) is 0 Å². The molecule has 2 aromatic heterocycles. The van der Waals surface area contributed by atoms with Crippen LogP contribution in [-0.4, -0.2) is 54.6 Å². The second kappa shape index (κ2) is 7.55. The topological polar surface area (TPSA) is 147 Å². The summed E-state index contributed by atoms with van der Waals surface area (Å²) in [6.45, 7) is 5.56. The number of nitrogen functional groups attached to an aromatic ring is 1. The zero-order valence-electron chi connectivity index (χ0n) is 16.1. The fourth-order valence-electron chi connectivity index (χ4n) is 3.60. The Morgan fingerprint density at radius 2 is 1.89 bits per heavy atom. The molecule has 0 radical (unpaired) electrons. The number of aryl methyl sites for hydroxylation is 3. The molecule has 0 aliphatic carbocycles. The van der Waals surface area contributed by atoms with E-state index in [9.17, 15) is 19.5 Å². The highest BCUT2D eigenvalue weighted by molar-refractivity contribution is 5.77. The molecule has 10 heteroatoms. The molecule has 1 amide bonds. The molecule has 0 saturated carbocycles. The number of nitrogens with two attached hydrogens (primary N) is 1. The van der Waals surface area contributed by atoms with Gasteiger partial charge in [0.15, 0.2) is 0 Å². The molecule has 4 N–H and O–H groups in total. The van der Waals surface area contributed by atoms with Crippen molar-refractivity contribution in [3.63, 3.8) is 0 Å². The van der Waals surface area contributed by atoms with Gasteiger partial charge in [-0.15, -0.1) is 0 Å². The Bertz CT molecular complexity index is 1000. The van der Waals surface area contributed by atoms with Gasteiger partial charge in [0.2, 0.25) is 11.9 Å². The van der Waals surface area contributed by atoms with Crippen LogP contribution in [0.3, 0.4) is 0 Å². The van der Waals surface area contributed by atoms with Crippen LogP contribution in [0.15, 0.2) is 15.8 Å². The first-order valence-electron chi connectivity index (χ1n) is 9.05. The predicted molar refractivity (Wildman–Crippen MR) is 102 cm³/mol. The molecular formula is C18H24N6O4. The van der Waals surface area contributed by atoms with Crippen molar-refractivity contribution in [2.75, 3.05) is 18.8 Å². The molecule has 28 heavy (non-hydrogen) atoms. The molecule has 0 aromatic carbocycles.